The highest BCUT2D eigenvalue weighted by atomic mass is 32.2. The zero-order chi connectivity index (χ0) is 43.2. The first-order valence-corrected chi connectivity index (χ1v) is 22.8. The third-order valence-electron chi connectivity index (χ3n) is 12.9. The maximum Gasteiger partial charge on any atom is 0.307 e. The van der Waals surface area contributed by atoms with E-state index >= 15 is 4.79 Å². The molecule has 4 heterocycles. The minimum atomic E-state index is -3.97. The SMILES string of the molecule is CC[C@@H]1C[C@H](C)CC/C=C\[C@@H]2C[C@@]2(C(=O)NS(=O)(=O)C2(C)CC2)CC(=O)[C@@H]2C[C@@H](Oc3cc(-n4cccn4)nc4cc(OC)ccc34)CN2C(=O)[C@H]1CC(=O)OC(C)(C)C. The molecule has 1 N–H and O–H groups in total. The first-order valence-electron chi connectivity index (χ1n) is 21.3. The van der Waals surface area contributed by atoms with Crippen LogP contribution in [-0.2, 0) is 33.9 Å². The van der Waals surface area contributed by atoms with E-state index in [1.807, 2.05) is 25.1 Å². The molecule has 3 aromatic rings. The molecule has 0 unspecified atom stereocenters. The Morgan fingerprint density at radius 1 is 1.10 bits per heavy atom. The molecule has 2 aliphatic heterocycles. The Bertz CT molecular complexity index is 2260. The van der Waals surface area contributed by atoms with Gasteiger partial charge in [-0.15, -0.1) is 0 Å². The van der Waals surface area contributed by atoms with Gasteiger partial charge in [-0.3, -0.25) is 23.9 Å². The van der Waals surface area contributed by atoms with Crippen molar-refractivity contribution in [2.45, 2.75) is 128 Å². The van der Waals surface area contributed by atoms with Crippen molar-refractivity contribution in [1.82, 2.24) is 24.4 Å². The number of aromatic nitrogens is 3. The molecule has 0 radical (unpaired) electrons. The van der Waals surface area contributed by atoms with E-state index in [0.29, 0.717) is 66.7 Å². The van der Waals surface area contributed by atoms with E-state index in [1.54, 1.807) is 81.0 Å². The molecule has 0 bridgehead atoms. The van der Waals surface area contributed by atoms with Crippen molar-refractivity contribution < 1.29 is 41.8 Å². The number of sulfonamides is 1. The summed E-state index contributed by atoms with van der Waals surface area (Å²) in [7, 11) is -2.40. The van der Waals surface area contributed by atoms with Crippen LogP contribution in [0.4, 0.5) is 0 Å². The molecule has 2 aliphatic carbocycles. The Labute approximate surface area is 352 Å². The fourth-order valence-corrected chi connectivity index (χ4v) is 10.3. The number of hydrogen-bond acceptors (Lipinski definition) is 11. The van der Waals surface area contributed by atoms with Crippen molar-refractivity contribution in [3.05, 3.63) is 54.9 Å². The molecule has 2 aromatic heterocycles. The predicted molar refractivity (Wildman–Crippen MR) is 225 cm³/mol. The Kier molecular flexibility index (Phi) is 12.0. The van der Waals surface area contributed by atoms with E-state index in [-0.39, 0.29) is 55.3 Å². The van der Waals surface area contributed by atoms with E-state index in [0.717, 1.165) is 6.42 Å². The Morgan fingerprint density at radius 3 is 2.53 bits per heavy atom. The average Bonchev–Trinajstić information content (AvgIpc) is 3.94. The molecular formula is C45H59N5O9S. The summed E-state index contributed by atoms with van der Waals surface area (Å²) in [6.45, 7) is 11.2. The van der Waals surface area contributed by atoms with Crippen LogP contribution in [-0.4, -0.2) is 87.8 Å². The number of Topliss-reactive ketones (excluding diaryl/α,β-unsaturated/α-hetero) is 1. The van der Waals surface area contributed by atoms with Gasteiger partial charge in [0.1, 0.15) is 23.2 Å². The van der Waals surface area contributed by atoms with Crippen LogP contribution in [0, 0.1) is 29.1 Å². The lowest BCUT2D eigenvalue weighted by Crippen LogP contribution is -2.48. The summed E-state index contributed by atoms with van der Waals surface area (Å²) < 4.78 is 47.6. The minimum Gasteiger partial charge on any atom is -0.497 e. The molecule has 1 aromatic carbocycles. The second kappa shape index (κ2) is 16.6. The molecule has 4 aliphatic rings. The van der Waals surface area contributed by atoms with Gasteiger partial charge in [-0.1, -0.05) is 32.4 Å². The topological polar surface area (TPSA) is 176 Å². The van der Waals surface area contributed by atoms with Crippen LogP contribution in [0.5, 0.6) is 11.5 Å². The maximum absolute atomic E-state index is 15.2. The van der Waals surface area contributed by atoms with E-state index in [4.69, 9.17) is 19.2 Å². The van der Waals surface area contributed by atoms with Gasteiger partial charge in [-0.05, 0) is 102 Å². The van der Waals surface area contributed by atoms with Crippen LogP contribution >= 0.6 is 0 Å². The fraction of sp³-hybridized carbons (Fsp3) is 0.600. The highest BCUT2D eigenvalue weighted by Gasteiger charge is 2.62. The van der Waals surface area contributed by atoms with E-state index in [1.165, 1.54) is 0 Å². The number of amides is 2. The smallest absolute Gasteiger partial charge is 0.307 e. The minimum absolute atomic E-state index is 0.0401. The van der Waals surface area contributed by atoms with Crippen LogP contribution < -0.4 is 14.2 Å². The lowest BCUT2D eigenvalue weighted by atomic mass is 9.79. The number of rotatable bonds is 10. The van der Waals surface area contributed by atoms with E-state index < -0.39 is 55.7 Å². The van der Waals surface area contributed by atoms with Crippen molar-refractivity contribution in [3.63, 3.8) is 0 Å². The third kappa shape index (κ3) is 9.11. The van der Waals surface area contributed by atoms with Crippen molar-refractivity contribution in [2.24, 2.45) is 29.1 Å². The molecule has 2 amide bonds. The standard InChI is InChI=1S/C45H59N5O9S/c1-8-29-20-28(2)12-9-10-13-30-25-45(30,42(54)48-60(55,56)44(6)16-17-44)26-37(51)36-22-32(27-49(36)41(53)34(29)23-40(52)59-43(3,4)5)58-38-24-39(50-19-11-18-46-50)47-35-21-31(57-7)14-15-33(35)38/h10-11,13-15,18-19,21,24,28-30,32,34,36H,8-9,12,16-17,20,22-23,25-27H2,1-7H3,(H,48,54)/b13-10-/t28-,29-,30-,32-,34+,36+,45-/m1/s1. The molecule has 7 atom stereocenters. The fourth-order valence-electron chi connectivity index (χ4n) is 8.99. The summed E-state index contributed by atoms with van der Waals surface area (Å²) >= 11 is 0. The molecule has 324 valence electrons. The molecule has 2 saturated carbocycles. The number of esters is 1. The van der Waals surface area contributed by atoms with Gasteiger partial charge in [0.2, 0.25) is 21.8 Å². The number of carbonyl (C=O) groups is 4. The van der Waals surface area contributed by atoms with Crippen LogP contribution in [0.25, 0.3) is 16.7 Å². The summed E-state index contributed by atoms with van der Waals surface area (Å²) in [6, 6.07) is 7.99. The van der Waals surface area contributed by atoms with Crippen LogP contribution in [0.1, 0.15) is 106 Å². The highest BCUT2D eigenvalue weighted by molar-refractivity contribution is 7.91. The number of allylic oxidation sites excluding steroid dienone is 2. The monoisotopic (exact) mass is 845 g/mol. The van der Waals surface area contributed by atoms with Gasteiger partial charge in [0.25, 0.3) is 0 Å². The van der Waals surface area contributed by atoms with E-state index in [2.05, 4.69) is 16.7 Å². The quantitative estimate of drug-likeness (QED) is 0.174. The number of benzene rings is 1. The highest BCUT2D eigenvalue weighted by Crippen LogP contribution is 2.58. The lowest BCUT2D eigenvalue weighted by molar-refractivity contribution is -0.160. The van der Waals surface area contributed by atoms with Crippen molar-refractivity contribution in [1.29, 1.82) is 0 Å². The summed E-state index contributed by atoms with van der Waals surface area (Å²) in [5.41, 5.74) is -1.46. The summed E-state index contributed by atoms with van der Waals surface area (Å²) in [5.74, 6) is -1.42. The summed E-state index contributed by atoms with van der Waals surface area (Å²) in [6.07, 6.45) is 10.5. The zero-order valence-corrected chi connectivity index (χ0v) is 36.6. The number of ketones is 1. The summed E-state index contributed by atoms with van der Waals surface area (Å²) in [5, 5.41) is 5.05. The molecular weight excluding hydrogens is 787 g/mol. The second-order valence-electron chi connectivity index (χ2n) is 18.7. The number of ether oxygens (including phenoxy) is 3. The maximum atomic E-state index is 15.2. The normalized spacial score (nSPS) is 28.8. The number of methoxy groups -OCH3 is 1. The largest absolute Gasteiger partial charge is 0.497 e. The molecule has 7 rings (SSSR count). The number of hydrogen-bond donors (Lipinski definition) is 1. The van der Waals surface area contributed by atoms with Gasteiger partial charge in [0, 0.05) is 42.8 Å². The Morgan fingerprint density at radius 2 is 1.87 bits per heavy atom. The Balaban J connectivity index is 1.27. The number of fused-ring (bicyclic) bond motifs is 3. The van der Waals surface area contributed by atoms with Crippen LogP contribution in [0.15, 0.2) is 54.9 Å². The molecule has 0 spiro atoms. The first-order chi connectivity index (χ1) is 28.3. The predicted octanol–water partition coefficient (Wildman–Crippen LogP) is 6.49. The molecule has 1 saturated heterocycles. The number of pyridine rings is 1. The van der Waals surface area contributed by atoms with Crippen molar-refractivity contribution >= 4 is 44.5 Å². The molecule has 15 heteroatoms. The Hall–Kier alpha value is -4.79. The number of carbonyl (C=O) groups excluding carboxylic acids is 4. The third-order valence-corrected chi connectivity index (χ3v) is 15.1. The van der Waals surface area contributed by atoms with Crippen LogP contribution in [0.3, 0.4) is 0 Å². The molecule has 3 fully saturated rings. The van der Waals surface area contributed by atoms with Gasteiger partial charge >= 0.3 is 5.97 Å². The van der Waals surface area contributed by atoms with Crippen molar-refractivity contribution in [3.8, 4) is 17.3 Å². The molecule has 14 nitrogen and oxygen atoms in total. The van der Waals surface area contributed by atoms with Gasteiger partial charge in [0.15, 0.2) is 11.6 Å². The van der Waals surface area contributed by atoms with Gasteiger partial charge in [-0.2, -0.15) is 5.10 Å². The lowest BCUT2D eigenvalue weighted by Gasteiger charge is -2.33. The van der Waals surface area contributed by atoms with Gasteiger partial charge < -0.3 is 19.1 Å². The zero-order valence-electron chi connectivity index (χ0n) is 35.8. The summed E-state index contributed by atoms with van der Waals surface area (Å²) in [4.78, 5) is 64.1. The van der Waals surface area contributed by atoms with Crippen LogP contribution in [0.2, 0.25) is 0 Å². The number of nitrogens with zero attached hydrogens (tertiary/aromatic N) is 4. The number of nitrogens with one attached hydrogen (secondary N) is 1. The van der Waals surface area contributed by atoms with E-state index in [9.17, 15) is 22.8 Å². The molecule has 60 heavy (non-hydrogen) atoms. The second-order valence-corrected chi connectivity index (χ2v) is 20.9. The van der Waals surface area contributed by atoms with Gasteiger partial charge in [0.05, 0.1) is 47.7 Å². The van der Waals surface area contributed by atoms with Gasteiger partial charge in [-0.25, -0.2) is 18.1 Å². The first kappa shape index (κ1) is 43.3. The van der Waals surface area contributed by atoms with Crippen molar-refractivity contribution in [2.75, 3.05) is 13.7 Å². The average molecular weight is 846 g/mol.